The number of rotatable bonds is 5. The lowest BCUT2D eigenvalue weighted by molar-refractivity contribution is -0.122. The predicted octanol–water partition coefficient (Wildman–Crippen LogP) is 2.57. The highest BCUT2D eigenvalue weighted by molar-refractivity contribution is 5.81. The van der Waals surface area contributed by atoms with Crippen LogP contribution in [0.2, 0.25) is 0 Å². The van der Waals surface area contributed by atoms with Crippen LogP contribution in [-0.4, -0.2) is 54.9 Å². The Morgan fingerprint density at radius 2 is 2.12 bits per heavy atom. The molecule has 0 spiro atoms. The van der Waals surface area contributed by atoms with Crippen molar-refractivity contribution in [1.29, 1.82) is 5.26 Å². The van der Waals surface area contributed by atoms with Gasteiger partial charge in [-0.05, 0) is 24.6 Å². The molecule has 10 heteroatoms. The summed E-state index contributed by atoms with van der Waals surface area (Å²) in [6.45, 7) is 2.97. The summed E-state index contributed by atoms with van der Waals surface area (Å²) in [5.74, 6) is 0.882. The number of anilines is 1. The average molecular weight is 442 g/mol. The van der Waals surface area contributed by atoms with Crippen molar-refractivity contribution in [2.75, 3.05) is 33.1 Å². The number of carbonyl (C=O) groups excluding carboxylic acids is 1. The lowest BCUT2D eigenvalue weighted by Gasteiger charge is -2.30. The maximum Gasteiger partial charge on any atom is 0.410 e. The van der Waals surface area contributed by atoms with E-state index in [9.17, 15) is 10.1 Å². The van der Waals surface area contributed by atoms with E-state index in [0.29, 0.717) is 49.6 Å². The minimum Gasteiger partial charge on any atom is -0.496 e. The first-order valence-corrected chi connectivity index (χ1v) is 9.82. The van der Waals surface area contributed by atoms with Gasteiger partial charge in [0, 0.05) is 36.8 Å². The maximum atomic E-state index is 12.3. The first-order valence-electron chi connectivity index (χ1n) is 9.82. The number of nitrogen functional groups attached to an aromatic ring is 1. The van der Waals surface area contributed by atoms with E-state index in [1.54, 1.807) is 26.0 Å². The summed E-state index contributed by atoms with van der Waals surface area (Å²) in [4.78, 5) is 26.7. The highest BCUT2D eigenvalue weighted by Gasteiger charge is 2.28. The van der Waals surface area contributed by atoms with Crippen molar-refractivity contribution < 1.29 is 28.9 Å². The molecule has 1 amide bonds. The van der Waals surface area contributed by atoms with E-state index in [4.69, 9.17) is 29.8 Å². The maximum absolute atomic E-state index is 12.3. The van der Waals surface area contributed by atoms with Gasteiger partial charge in [0.2, 0.25) is 0 Å². The van der Waals surface area contributed by atoms with Crippen LogP contribution < -0.4 is 10.5 Å². The topological polar surface area (TPSA) is 148 Å². The number of ether oxygens (including phenoxy) is 3. The molecule has 1 aliphatic heterocycles. The van der Waals surface area contributed by atoms with Crippen LogP contribution >= 0.6 is 0 Å². The molecule has 1 aromatic heterocycles. The number of hydrogen-bond acceptors (Lipinski definition) is 8. The summed E-state index contributed by atoms with van der Waals surface area (Å²) in [5, 5.41) is 16.7. The number of carboxylic acid groups (broad SMARTS) is 1. The van der Waals surface area contributed by atoms with Gasteiger partial charge in [0.15, 0.2) is 0 Å². The molecule has 1 aliphatic rings. The Balaban J connectivity index is 0.00000114. The lowest BCUT2D eigenvalue weighted by atomic mass is 9.90. The Bertz CT molecular complexity index is 1020. The minimum atomic E-state index is -0.380. The SMILES string of the molecule is CCOC(=O)N1CCc2nc(N)c(C#N)c(-c3ccc(OC)c(COC)c3)c2C1.O=CO. The molecule has 0 radical (unpaired) electrons. The zero-order valence-corrected chi connectivity index (χ0v) is 18.3. The van der Waals surface area contributed by atoms with Crippen LogP contribution in [0.3, 0.4) is 0 Å². The van der Waals surface area contributed by atoms with E-state index in [2.05, 4.69) is 11.1 Å². The van der Waals surface area contributed by atoms with Gasteiger partial charge < -0.3 is 30.0 Å². The van der Waals surface area contributed by atoms with Crippen molar-refractivity contribution in [1.82, 2.24) is 9.88 Å². The van der Waals surface area contributed by atoms with Crippen LogP contribution in [0.5, 0.6) is 5.75 Å². The molecule has 0 saturated carbocycles. The van der Waals surface area contributed by atoms with Crippen LogP contribution in [0.1, 0.15) is 29.3 Å². The second-order valence-corrected chi connectivity index (χ2v) is 6.72. The van der Waals surface area contributed by atoms with E-state index < -0.39 is 0 Å². The third-order valence-electron chi connectivity index (χ3n) is 4.89. The second kappa shape index (κ2) is 11.5. The van der Waals surface area contributed by atoms with Crippen LogP contribution in [0.4, 0.5) is 10.6 Å². The second-order valence-electron chi connectivity index (χ2n) is 6.72. The molecule has 2 aromatic rings. The number of nitriles is 1. The third kappa shape index (κ3) is 5.25. The van der Waals surface area contributed by atoms with Gasteiger partial charge in [-0.3, -0.25) is 4.79 Å². The number of benzene rings is 1. The molecule has 3 rings (SSSR count). The first kappa shape index (κ1) is 24.4. The van der Waals surface area contributed by atoms with Gasteiger partial charge in [0.05, 0.1) is 32.6 Å². The molecule has 10 nitrogen and oxygen atoms in total. The van der Waals surface area contributed by atoms with Crippen LogP contribution in [0, 0.1) is 11.3 Å². The van der Waals surface area contributed by atoms with Gasteiger partial charge in [-0.2, -0.15) is 5.26 Å². The standard InChI is InChI=1S/C21H24N4O4.CH2O2/c1-4-29-21(26)25-8-7-17-16(11-25)19(15(10-22)20(23)24-17)13-5-6-18(28-3)14(9-13)12-27-2;2-1-3/h5-6,9H,4,7-8,11-12H2,1-3H3,(H2,23,24);1H,(H,2,3). The molecule has 1 aromatic carbocycles. The van der Waals surface area contributed by atoms with E-state index in [1.807, 2.05) is 18.2 Å². The highest BCUT2D eigenvalue weighted by Crippen LogP contribution is 2.37. The fourth-order valence-corrected chi connectivity index (χ4v) is 3.58. The smallest absolute Gasteiger partial charge is 0.410 e. The minimum absolute atomic E-state index is 0.190. The molecule has 0 saturated heterocycles. The summed E-state index contributed by atoms with van der Waals surface area (Å²) in [6.07, 6.45) is 0.159. The summed E-state index contributed by atoms with van der Waals surface area (Å²) in [7, 11) is 3.20. The third-order valence-corrected chi connectivity index (χ3v) is 4.89. The van der Waals surface area contributed by atoms with Gasteiger partial charge in [0.25, 0.3) is 6.47 Å². The lowest BCUT2D eigenvalue weighted by Crippen LogP contribution is -2.37. The van der Waals surface area contributed by atoms with Crippen molar-refractivity contribution >= 4 is 18.4 Å². The molecule has 2 heterocycles. The van der Waals surface area contributed by atoms with E-state index in [1.165, 1.54) is 0 Å². The molecule has 0 unspecified atom stereocenters. The fourth-order valence-electron chi connectivity index (χ4n) is 3.58. The van der Waals surface area contributed by atoms with Crippen molar-refractivity contribution in [3.05, 3.63) is 40.6 Å². The van der Waals surface area contributed by atoms with Gasteiger partial charge in [-0.1, -0.05) is 6.07 Å². The summed E-state index contributed by atoms with van der Waals surface area (Å²) >= 11 is 0. The number of hydrogen-bond donors (Lipinski definition) is 2. The zero-order valence-electron chi connectivity index (χ0n) is 18.3. The molecule has 3 N–H and O–H groups in total. The molecule has 0 atom stereocenters. The molecule has 170 valence electrons. The summed E-state index contributed by atoms with van der Waals surface area (Å²) < 4.78 is 15.8. The average Bonchev–Trinajstić information content (AvgIpc) is 2.78. The van der Waals surface area contributed by atoms with Crippen molar-refractivity contribution in [2.24, 2.45) is 0 Å². The number of fused-ring (bicyclic) bond motifs is 1. The number of methoxy groups -OCH3 is 2. The normalized spacial score (nSPS) is 12.0. The van der Waals surface area contributed by atoms with Crippen LogP contribution in [0.15, 0.2) is 18.2 Å². The van der Waals surface area contributed by atoms with Crippen LogP contribution in [0.25, 0.3) is 11.1 Å². The predicted molar refractivity (Wildman–Crippen MR) is 116 cm³/mol. The van der Waals surface area contributed by atoms with Gasteiger partial charge in [0.1, 0.15) is 23.2 Å². The fraction of sp³-hybridized carbons (Fsp3) is 0.364. The quantitative estimate of drug-likeness (QED) is 0.666. The first-order chi connectivity index (χ1) is 15.4. The highest BCUT2D eigenvalue weighted by atomic mass is 16.6. The number of pyridine rings is 1. The summed E-state index contributed by atoms with van der Waals surface area (Å²) in [5.41, 5.74) is 10.3. The number of nitrogens with two attached hydrogens (primary N) is 1. The number of aromatic nitrogens is 1. The molecular formula is C22H26N4O6. The number of amides is 1. The Kier molecular flexibility index (Phi) is 8.80. The zero-order chi connectivity index (χ0) is 23.7. The monoisotopic (exact) mass is 442 g/mol. The van der Waals surface area contributed by atoms with Crippen molar-refractivity contribution in [2.45, 2.75) is 26.5 Å². The van der Waals surface area contributed by atoms with E-state index in [-0.39, 0.29) is 18.4 Å². The molecular weight excluding hydrogens is 416 g/mol. The van der Waals surface area contributed by atoms with E-state index >= 15 is 0 Å². The summed E-state index contributed by atoms with van der Waals surface area (Å²) in [6, 6.07) is 7.80. The molecule has 0 fully saturated rings. The Morgan fingerprint density at radius 1 is 1.41 bits per heavy atom. The largest absolute Gasteiger partial charge is 0.496 e. The molecule has 0 bridgehead atoms. The van der Waals surface area contributed by atoms with E-state index in [0.717, 1.165) is 22.4 Å². The Labute approximate surface area is 186 Å². The number of nitrogens with zero attached hydrogens (tertiary/aromatic N) is 3. The van der Waals surface area contributed by atoms with Crippen LogP contribution in [-0.2, 0) is 33.8 Å². The molecule has 0 aliphatic carbocycles. The van der Waals surface area contributed by atoms with Crippen molar-refractivity contribution in [3.8, 4) is 22.9 Å². The number of carbonyl (C=O) groups is 2. The van der Waals surface area contributed by atoms with Gasteiger partial charge in [-0.15, -0.1) is 0 Å². The Morgan fingerprint density at radius 3 is 2.72 bits per heavy atom. The molecule has 32 heavy (non-hydrogen) atoms. The van der Waals surface area contributed by atoms with Gasteiger partial charge >= 0.3 is 6.09 Å². The van der Waals surface area contributed by atoms with Gasteiger partial charge in [-0.25, -0.2) is 9.78 Å². The Hall–Kier alpha value is -3.84. The van der Waals surface area contributed by atoms with Crippen molar-refractivity contribution in [3.63, 3.8) is 0 Å².